The van der Waals surface area contributed by atoms with E-state index in [0.717, 1.165) is 11.1 Å². The molecule has 1 fully saturated rings. The van der Waals surface area contributed by atoms with Crippen LogP contribution in [0.25, 0.3) is 0 Å². The molecule has 2 amide bonds. The minimum Gasteiger partial charge on any atom is -0.468 e. The van der Waals surface area contributed by atoms with Crippen molar-refractivity contribution in [2.45, 2.75) is 45.1 Å². The summed E-state index contributed by atoms with van der Waals surface area (Å²) in [4.78, 5) is 41.6. The highest BCUT2D eigenvalue weighted by molar-refractivity contribution is 5.92. The number of carbonyl (C=O) groups is 3. The van der Waals surface area contributed by atoms with Crippen molar-refractivity contribution in [3.8, 4) is 12.3 Å². The highest BCUT2D eigenvalue weighted by atomic mass is 16.5. The lowest BCUT2D eigenvalue weighted by Crippen LogP contribution is -2.60. The van der Waals surface area contributed by atoms with Crippen molar-refractivity contribution in [2.75, 3.05) is 20.3 Å². The third kappa shape index (κ3) is 6.22. The van der Waals surface area contributed by atoms with Gasteiger partial charge in [0.15, 0.2) is 0 Å². The van der Waals surface area contributed by atoms with Crippen LogP contribution in [0.3, 0.4) is 0 Å². The van der Waals surface area contributed by atoms with E-state index >= 15 is 0 Å². The summed E-state index contributed by atoms with van der Waals surface area (Å²) in [6.45, 7) is 2.75. The van der Waals surface area contributed by atoms with Crippen LogP contribution in [0.15, 0.2) is 72.4 Å². The number of nitrogens with zero attached hydrogens (tertiary/aromatic N) is 1. The van der Waals surface area contributed by atoms with E-state index in [-0.39, 0.29) is 44.4 Å². The Labute approximate surface area is 229 Å². The van der Waals surface area contributed by atoms with E-state index in [2.05, 4.69) is 11.2 Å². The number of benzene rings is 2. The molecule has 2 heterocycles. The quantitative estimate of drug-likeness (QED) is 0.375. The SMILES string of the molecule is C#CCNC(=O)C[C@H]1C[C@@]2(C(=O)OC)C(=C[C@H](COCc3ccccc3)O[C@@H]2C)N(Cc2ccccc2)C1=O. The lowest BCUT2D eigenvalue weighted by atomic mass is 9.66. The number of piperidine rings is 1. The van der Waals surface area contributed by atoms with Gasteiger partial charge >= 0.3 is 5.97 Å². The van der Waals surface area contributed by atoms with Crippen LogP contribution < -0.4 is 5.32 Å². The van der Waals surface area contributed by atoms with Crippen LogP contribution in [-0.4, -0.2) is 55.2 Å². The molecule has 39 heavy (non-hydrogen) atoms. The Hall–Kier alpha value is -3.93. The summed E-state index contributed by atoms with van der Waals surface area (Å²) in [7, 11) is 1.32. The molecule has 2 aromatic rings. The summed E-state index contributed by atoms with van der Waals surface area (Å²) in [6.07, 6.45) is 5.93. The fraction of sp³-hybridized carbons (Fsp3) is 0.387. The van der Waals surface area contributed by atoms with Crippen LogP contribution in [0.2, 0.25) is 0 Å². The molecule has 0 aliphatic carbocycles. The van der Waals surface area contributed by atoms with Crippen molar-refractivity contribution in [3.63, 3.8) is 0 Å². The van der Waals surface area contributed by atoms with Gasteiger partial charge in [-0.1, -0.05) is 66.6 Å². The van der Waals surface area contributed by atoms with Crippen LogP contribution in [0.1, 0.15) is 30.9 Å². The Morgan fingerprint density at radius 2 is 1.79 bits per heavy atom. The van der Waals surface area contributed by atoms with Gasteiger partial charge in [-0.2, -0.15) is 0 Å². The molecular formula is C31H34N2O6. The number of esters is 1. The number of likely N-dealkylation sites (tertiary alicyclic amines) is 1. The van der Waals surface area contributed by atoms with Crippen LogP contribution in [0.4, 0.5) is 0 Å². The maximum absolute atomic E-state index is 13.9. The largest absolute Gasteiger partial charge is 0.468 e. The number of hydrogen-bond acceptors (Lipinski definition) is 6. The van der Waals surface area contributed by atoms with Crippen LogP contribution >= 0.6 is 0 Å². The molecule has 2 aromatic carbocycles. The summed E-state index contributed by atoms with van der Waals surface area (Å²) in [5.74, 6) is 0.502. The monoisotopic (exact) mass is 530 g/mol. The topological polar surface area (TPSA) is 94.2 Å². The Balaban J connectivity index is 1.68. The maximum Gasteiger partial charge on any atom is 0.320 e. The van der Waals surface area contributed by atoms with Gasteiger partial charge in [-0.15, -0.1) is 6.42 Å². The lowest BCUT2D eigenvalue weighted by molar-refractivity contribution is -0.178. The van der Waals surface area contributed by atoms with Gasteiger partial charge in [-0.3, -0.25) is 14.4 Å². The van der Waals surface area contributed by atoms with E-state index in [1.54, 1.807) is 17.9 Å². The summed E-state index contributed by atoms with van der Waals surface area (Å²) >= 11 is 0. The maximum atomic E-state index is 13.9. The predicted octanol–water partition coefficient (Wildman–Crippen LogP) is 3.22. The molecule has 2 aliphatic heterocycles. The number of nitrogens with one attached hydrogen (secondary N) is 1. The first-order valence-electron chi connectivity index (χ1n) is 13.0. The van der Waals surface area contributed by atoms with Crippen molar-refractivity contribution in [3.05, 3.63) is 83.6 Å². The van der Waals surface area contributed by atoms with Gasteiger partial charge < -0.3 is 24.4 Å². The van der Waals surface area contributed by atoms with Crippen LogP contribution in [0.5, 0.6) is 0 Å². The Bertz CT molecular complexity index is 1240. The molecule has 204 valence electrons. The van der Waals surface area contributed by atoms with Gasteiger partial charge in [-0.25, -0.2) is 0 Å². The van der Waals surface area contributed by atoms with Crippen molar-refractivity contribution >= 4 is 17.8 Å². The zero-order valence-corrected chi connectivity index (χ0v) is 22.3. The molecule has 4 atom stereocenters. The third-order valence-corrected chi connectivity index (χ3v) is 7.29. The minimum atomic E-state index is -1.27. The van der Waals surface area contributed by atoms with E-state index < -0.39 is 29.5 Å². The van der Waals surface area contributed by atoms with Gasteiger partial charge in [-0.05, 0) is 30.5 Å². The zero-order chi connectivity index (χ0) is 27.8. The number of fused-ring (bicyclic) bond motifs is 1. The van der Waals surface area contributed by atoms with Crippen LogP contribution in [-0.2, 0) is 41.7 Å². The van der Waals surface area contributed by atoms with Crippen molar-refractivity contribution in [1.82, 2.24) is 10.2 Å². The van der Waals surface area contributed by atoms with Crippen molar-refractivity contribution in [2.24, 2.45) is 11.3 Å². The number of methoxy groups -OCH3 is 1. The first-order valence-corrected chi connectivity index (χ1v) is 13.0. The summed E-state index contributed by atoms with van der Waals surface area (Å²) in [5, 5.41) is 2.62. The average Bonchev–Trinajstić information content (AvgIpc) is 2.95. The average molecular weight is 531 g/mol. The molecule has 0 unspecified atom stereocenters. The first-order chi connectivity index (χ1) is 18.9. The highest BCUT2D eigenvalue weighted by Crippen LogP contribution is 2.50. The van der Waals surface area contributed by atoms with Crippen molar-refractivity contribution < 1.29 is 28.6 Å². The predicted molar refractivity (Wildman–Crippen MR) is 145 cm³/mol. The number of ether oxygens (including phenoxy) is 3. The van der Waals surface area contributed by atoms with Gasteiger partial charge in [0.05, 0.1) is 39.5 Å². The lowest BCUT2D eigenvalue weighted by Gasteiger charge is -2.51. The van der Waals surface area contributed by atoms with Gasteiger partial charge in [0, 0.05) is 18.0 Å². The molecule has 8 nitrogen and oxygen atoms in total. The van der Waals surface area contributed by atoms with E-state index in [0.29, 0.717) is 12.3 Å². The third-order valence-electron chi connectivity index (χ3n) is 7.29. The number of amides is 2. The van der Waals surface area contributed by atoms with E-state index in [9.17, 15) is 14.4 Å². The molecule has 2 aliphatic rings. The van der Waals surface area contributed by atoms with E-state index in [4.69, 9.17) is 20.6 Å². The minimum absolute atomic E-state index is 0.0605. The second-order valence-corrected chi connectivity index (χ2v) is 9.83. The molecule has 4 rings (SSSR count). The molecule has 1 N–H and O–H groups in total. The standard InChI is InChI=1S/C31H34N2O6/c1-4-15-32-28(34)16-25-18-31(30(36)37-3)22(2)39-26(21-38-20-24-13-9-6-10-14-24)17-27(31)33(29(25)35)19-23-11-7-5-8-12-23/h1,5-14,17,22,25-26H,15-16,18-21H2,2-3H3,(H,32,34)/t22-,25+,26-,31+/m1/s1. The van der Waals surface area contributed by atoms with Crippen LogP contribution in [0, 0.1) is 23.7 Å². The fourth-order valence-corrected chi connectivity index (χ4v) is 5.39. The number of carbonyl (C=O) groups excluding carboxylic acids is 3. The second-order valence-electron chi connectivity index (χ2n) is 9.83. The molecule has 1 saturated heterocycles. The summed E-state index contributed by atoms with van der Waals surface area (Å²) in [5.41, 5.74) is 1.17. The van der Waals surface area contributed by atoms with Crippen molar-refractivity contribution in [1.29, 1.82) is 0 Å². The molecule has 0 radical (unpaired) electrons. The fourth-order valence-electron chi connectivity index (χ4n) is 5.39. The molecule has 0 bridgehead atoms. The molecule has 0 spiro atoms. The zero-order valence-electron chi connectivity index (χ0n) is 22.3. The smallest absolute Gasteiger partial charge is 0.320 e. The molecule has 0 aromatic heterocycles. The van der Waals surface area contributed by atoms with Gasteiger partial charge in [0.1, 0.15) is 11.5 Å². The van der Waals surface area contributed by atoms with E-state index in [1.165, 1.54) is 7.11 Å². The summed E-state index contributed by atoms with van der Waals surface area (Å²) < 4.78 is 17.5. The normalized spacial score (nSPS) is 24.2. The number of hydrogen-bond donors (Lipinski definition) is 1. The first kappa shape index (κ1) is 28.1. The molecule has 8 heteroatoms. The Morgan fingerprint density at radius 3 is 2.44 bits per heavy atom. The number of rotatable bonds is 10. The summed E-state index contributed by atoms with van der Waals surface area (Å²) in [6, 6.07) is 19.3. The molecular weight excluding hydrogens is 496 g/mol. The Kier molecular flexibility index (Phi) is 9.18. The molecule has 0 saturated carbocycles. The second kappa shape index (κ2) is 12.7. The number of terminal acetylenes is 1. The van der Waals surface area contributed by atoms with Gasteiger partial charge in [0.25, 0.3) is 0 Å². The Morgan fingerprint density at radius 1 is 1.13 bits per heavy atom. The van der Waals surface area contributed by atoms with Gasteiger partial charge in [0.2, 0.25) is 11.8 Å². The highest BCUT2D eigenvalue weighted by Gasteiger charge is 2.59. The van der Waals surface area contributed by atoms with E-state index in [1.807, 2.05) is 60.7 Å².